The van der Waals surface area contributed by atoms with Crippen molar-refractivity contribution < 1.29 is 26.3 Å². The van der Waals surface area contributed by atoms with Crippen LogP contribution >= 0.6 is 11.6 Å². The molecule has 1 aliphatic rings. The molecule has 0 amide bonds. The highest BCUT2D eigenvalue weighted by Crippen LogP contribution is 2.41. The average molecular weight is 472 g/mol. The summed E-state index contributed by atoms with van der Waals surface area (Å²) in [5.74, 6) is 0.416. The zero-order valence-corrected chi connectivity index (χ0v) is 17.0. The Labute approximate surface area is 179 Å². The number of pyridine rings is 1. The summed E-state index contributed by atoms with van der Waals surface area (Å²) in [7, 11) is -3.96. The molecule has 1 N–H and O–H groups in total. The Morgan fingerprint density at radius 1 is 1.16 bits per heavy atom. The van der Waals surface area contributed by atoms with Gasteiger partial charge < -0.3 is 9.64 Å². The first-order valence-corrected chi connectivity index (χ1v) is 10.6. The van der Waals surface area contributed by atoms with E-state index in [9.17, 15) is 21.6 Å². The number of hydrogen-bond acceptors (Lipinski definition) is 7. The topological polar surface area (TPSA) is 97.3 Å². The van der Waals surface area contributed by atoms with Gasteiger partial charge in [0.15, 0.2) is 5.82 Å². The third-order valence-corrected chi connectivity index (χ3v) is 5.96. The average Bonchev–Trinajstić information content (AvgIpc) is 2.73. The second kappa shape index (κ2) is 7.85. The number of nitrogens with one attached hydrogen (secondary N) is 1. The second-order valence-corrected chi connectivity index (χ2v) is 8.45. The van der Waals surface area contributed by atoms with E-state index in [1.807, 2.05) is 0 Å². The molecule has 0 fully saturated rings. The Kier molecular flexibility index (Phi) is 5.35. The van der Waals surface area contributed by atoms with Gasteiger partial charge in [-0.15, -0.1) is 0 Å². The highest BCUT2D eigenvalue weighted by molar-refractivity contribution is 7.92. The Hall–Kier alpha value is -3.12. The summed E-state index contributed by atoms with van der Waals surface area (Å²) >= 11 is 6.07. The van der Waals surface area contributed by atoms with E-state index in [1.54, 1.807) is 4.90 Å². The lowest BCUT2D eigenvalue weighted by Crippen LogP contribution is -2.30. The number of fused-ring (bicyclic) bond motifs is 1. The molecule has 0 atom stereocenters. The summed E-state index contributed by atoms with van der Waals surface area (Å²) in [6.07, 6.45) is -1.29. The predicted molar refractivity (Wildman–Crippen MR) is 106 cm³/mol. The zero-order valence-electron chi connectivity index (χ0n) is 15.5. The summed E-state index contributed by atoms with van der Waals surface area (Å²) in [6, 6.07) is 6.31. The summed E-state index contributed by atoms with van der Waals surface area (Å²) in [5, 5.41) is -0.190. The first kappa shape index (κ1) is 21.1. The summed E-state index contributed by atoms with van der Waals surface area (Å²) < 4.78 is 71.9. The number of ether oxygens (including phenoxy) is 1. The normalized spacial score (nSPS) is 14.0. The van der Waals surface area contributed by atoms with E-state index < -0.39 is 21.8 Å². The molecule has 1 aromatic carbocycles. The fourth-order valence-corrected chi connectivity index (χ4v) is 4.21. The minimum absolute atomic E-state index is 0.0850. The minimum Gasteiger partial charge on any atom is -0.489 e. The molecular formula is C18H13ClF3N5O3S. The molecule has 0 saturated carbocycles. The quantitative estimate of drug-likeness (QED) is 0.616. The number of sulfonamides is 1. The minimum atomic E-state index is -4.57. The van der Waals surface area contributed by atoms with Crippen molar-refractivity contribution in [2.45, 2.75) is 11.1 Å². The number of alkyl halides is 3. The Morgan fingerprint density at radius 3 is 2.65 bits per heavy atom. The summed E-state index contributed by atoms with van der Waals surface area (Å²) in [4.78, 5) is 12.9. The maximum Gasteiger partial charge on any atom is 0.417 e. The molecule has 8 nitrogen and oxygen atoms in total. The molecule has 0 unspecified atom stereocenters. The smallest absolute Gasteiger partial charge is 0.417 e. The van der Waals surface area contributed by atoms with Crippen LogP contribution in [0.2, 0.25) is 5.02 Å². The van der Waals surface area contributed by atoms with Gasteiger partial charge in [0.2, 0.25) is 0 Å². The maximum absolute atomic E-state index is 12.9. The van der Waals surface area contributed by atoms with Crippen molar-refractivity contribution in [3.63, 3.8) is 0 Å². The molecule has 31 heavy (non-hydrogen) atoms. The first-order chi connectivity index (χ1) is 14.6. The van der Waals surface area contributed by atoms with Gasteiger partial charge in [-0.25, -0.2) is 23.4 Å². The van der Waals surface area contributed by atoms with E-state index in [1.165, 1.54) is 36.8 Å². The van der Waals surface area contributed by atoms with E-state index in [-0.39, 0.29) is 40.5 Å². The van der Waals surface area contributed by atoms with Crippen LogP contribution in [-0.4, -0.2) is 36.5 Å². The van der Waals surface area contributed by atoms with E-state index in [2.05, 4.69) is 19.7 Å². The van der Waals surface area contributed by atoms with Crippen LogP contribution in [0.1, 0.15) is 5.56 Å². The number of rotatable bonds is 4. The van der Waals surface area contributed by atoms with Crippen molar-refractivity contribution in [2.24, 2.45) is 0 Å². The third kappa shape index (κ3) is 4.35. The van der Waals surface area contributed by atoms with Gasteiger partial charge >= 0.3 is 6.18 Å². The molecule has 0 radical (unpaired) electrons. The van der Waals surface area contributed by atoms with Crippen molar-refractivity contribution in [3.05, 3.63) is 59.6 Å². The van der Waals surface area contributed by atoms with Crippen LogP contribution in [-0.2, 0) is 16.2 Å². The molecule has 2 aromatic heterocycles. The number of anilines is 3. The maximum atomic E-state index is 12.9. The fourth-order valence-electron chi connectivity index (χ4n) is 2.92. The lowest BCUT2D eigenvalue weighted by Gasteiger charge is -2.31. The van der Waals surface area contributed by atoms with Crippen LogP contribution in [0, 0.1) is 0 Å². The van der Waals surface area contributed by atoms with Crippen molar-refractivity contribution in [2.75, 3.05) is 22.8 Å². The Morgan fingerprint density at radius 2 is 1.97 bits per heavy atom. The molecule has 3 aromatic rings. The van der Waals surface area contributed by atoms with Gasteiger partial charge in [0.1, 0.15) is 24.5 Å². The Bertz CT molecular complexity index is 1230. The standard InChI is InChI=1S/C18H13ClF3N5O3S/c19-13-7-11(18(20,21)22)9-24-17(13)27-5-6-30-15-8-12(1-2-14(15)27)31(28,29)26-16-3-4-23-10-25-16/h1-4,7-10H,5-6H2,(H,23,25,26). The number of hydrogen-bond donors (Lipinski definition) is 1. The number of aromatic nitrogens is 3. The monoisotopic (exact) mass is 471 g/mol. The van der Waals surface area contributed by atoms with Gasteiger partial charge in [0.25, 0.3) is 10.0 Å². The molecular weight excluding hydrogens is 459 g/mol. The number of nitrogens with zero attached hydrogens (tertiary/aromatic N) is 4. The molecule has 13 heteroatoms. The summed E-state index contributed by atoms with van der Waals surface area (Å²) in [6.45, 7) is 0.408. The first-order valence-electron chi connectivity index (χ1n) is 8.71. The molecule has 0 saturated heterocycles. The molecule has 0 bridgehead atoms. The van der Waals surface area contributed by atoms with Crippen molar-refractivity contribution in [1.82, 2.24) is 15.0 Å². The van der Waals surface area contributed by atoms with Crippen LogP contribution < -0.4 is 14.4 Å². The van der Waals surface area contributed by atoms with Crippen LogP contribution in [0.15, 0.2) is 53.9 Å². The highest BCUT2D eigenvalue weighted by Gasteiger charge is 2.33. The molecule has 1 aliphatic heterocycles. The van der Waals surface area contributed by atoms with Gasteiger partial charge in [-0.1, -0.05) is 11.6 Å². The van der Waals surface area contributed by atoms with E-state index in [0.717, 1.165) is 6.07 Å². The number of halogens is 4. The second-order valence-electron chi connectivity index (χ2n) is 6.36. The van der Waals surface area contributed by atoms with Crippen molar-refractivity contribution >= 4 is 38.9 Å². The van der Waals surface area contributed by atoms with Crippen molar-refractivity contribution in [1.29, 1.82) is 0 Å². The third-order valence-electron chi connectivity index (χ3n) is 4.33. The van der Waals surface area contributed by atoms with Crippen LogP contribution in [0.3, 0.4) is 0 Å². The van der Waals surface area contributed by atoms with Crippen LogP contribution in [0.25, 0.3) is 0 Å². The van der Waals surface area contributed by atoms with Gasteiger partial charge in [0, 0.05) is 18.5 Å². The molecule has 0 spiro atoms. The SMILES string of the molecule is O=S(=O)(Nc1ccncn1)c1ccc2c(c1)OCCN2c1ncc(C(F)(F)F)cc1Cl. The fraction of sp³-hybridized carbons (Fsp3) is 0.167. The molecule has 3 heterocycles. The Balaban J connectivity index is 1.66. The predicted octanol–water partition coefficient (Wildman–Crippen LogP) is 3.88. The van der Waals surface area contributed by atoms with Crippen LogP contribution in [0.5, 0.6) is 5.75 Å². The number of benzene rings is 1. The van der Waals surface area contributed by atoms with E-state index in [0.29, 0.717) is 11.9 Å². The molecule has 0 aliphatic carbocycles. The summed E-state index contributed by atoms with van der Waals surface area (Å²) in [5.41, 5.74) is -0.548. The zero-order chi connectivity index (χ0) is 22.2. The molecule has 4 rings (SSSR count). The van der Waals surface area contributed by atoms with Crippen molar-refractivity contribution in [3.8, 4) is 5.75 Å². The van der Waals surface area contributed by atoms with Crippen LogP contribution in [0.4, 0.5) is 30.5 Å². The highest BCUT2D eigenvalue weighted by atomic mass is 35.5. The lowest BCUT2D eigenvalue weighted by atomic mass is 10.2. The van der Waals surface area contributed by atoms with Gasteiger partial charge in [0.05, 0.1) is 27.7 Å². The largest absolute Gasteiger partial charge is 0.489 e. The van der Waals surface area contributed by atoms with E-state index >= 15 is 0 Å². The van der Waals surface area contributed by atoms with Gasteiger partial charge in [-0.3, -0.25) is 4.72 Å². The van der Waals surface area contributed by atoms with Gasteiger partial charge in [-0.05, 0) is 24.3 Å². The van der Waals surface area contributed by atoms with E-state index in [4.69, 9.17) is 16.3 Å². The lowest BCUT2D eigenvalue weighted by molar-refractivity contribution is -0.137. The molecule has 162 valence electrons. The van der Waals surface area contributed by atoms with Gasteiger partial charge in [-0.2, -0.15) is 13.2 Å².